The van der Waals surface area contributed by atoms with Gasteiger partial charge >= 0.3 is 0 Å². The first-order valence-corrected chi connectivity index (χ1v) is 8.80. The van der Waals surface area contributed by atoms with Crippen molar-refractivity contribution in [3.8, 4) is 17.0 Å². The Bertz CT molecular complexity index is 969. The average molecular weight is 407 g/mol. The zero-order valence-electron chi connectivity index (χ0n) is 15.2. The van der Waals surface area contributed by atoms with Gasteiger partial charge in [-0.2, -0.15) is 0 Å². The summed E-state index contributed by atoms with van der Waals surface area (Å²) >= 11 is 6.10. The fraction of sp³-hybridized carbons (Fsp3) is 0.200. The van der Waals surface area contributed by atoms with E-state index in [0.29, 0.717) is 5.75 Å². The molecule has 0 atom stereocenters. The van der Waals surface area contributed by atoms with Crippen LogP contribution in [-0.2, 0) is 0 Å². The number of ether oxygens (including phenoxy) is 1. The van der Waals surface area contributed by atoms with Crippen molar-refractivity contribution in [2.45, 2.75) is 6.92 Å². The minimum atomic E-state index is -0.600. The number of benzene rings is 2. The third kappa shape index (κ3) is 4.14. The topological polar surface area (TPSA) is 55.6 Å². The molecule has 146 valence electrons. The van der Waals surface area contributed by atoms with Gasteiger partial charge in [-0.3, -0.25) is 4.79 Å². The molecule has 0 aliphatic heterocycles. The first-order chi connectivity index (χ1) is 13.4. The summed E-state index contributed by atoms with van der Waals surface area (Å²) in [4.78, 5) is 14.3. The van der Waals surface area contributed by atoms with E-state index < -0.39 is 11.7 Å². The largest absolute Gasteiger partial charge is 0.492 e. The van der Waals surface area contributed by atoms with Crippen molar-refractivity contribution >= 4 is 17.5 Å². The normalized spacial score (nSPS) is 10.8. The summed E-state index contributed by atoms with van der Waals surface area (Å²) < 4.78 is 37.8. The predicted octanol–water partition coefficient (Wildman–Crippen LogP) is 4.73. The fourth-order valence-electron chi connectivity index (χ4n) is 2.64. The van der Waals surface area contributed by atoms with E-state index in [1.54, 1.807) is 14.0 Å². The number of halogens is 3. The highest BCUT2D eigenvalue weighted by atomic mass is 35.5. The van der Waals surface area contributed by atoms with E-state index in [-0.39, 0.29) is 46.6 Å². The minimum Gasteiger partial charge on any atom is -0.492 e. The summed E-state index contributed by atoms with van der Waals surface area (Å²) in [7, 11) is 1.58. The number of hydrogen-bond donors (Lipinski definition) is 0. The number of hydrogen-bond acceptors (Lipinski definition) is 4. The number of carbonyl (C=O) groups is 1. The zero-order valence-corrected chi connectivity index (χ0v) is 16.0. The van der Waals surface area contributed by atoms with Crippen molar-refractivity contribution in [1.29, 1.82) is 0 Å². The second-order valence-corrected chi connectivity index (χ2v) is 6.50. The van der Waals surface area contributed by atoms with Crippen molar-refractivity contribution in [3.05, 3.63) is 70.4 Å². The van der Waals surface area contributed by atoms with E-state index >= 15 is 0 Å². The van der Waals surface area contributed by atoms with Crippen molar-refractivity contribution in [3.63, 3.8) is 0 Å². The predicted molar refractivity (Wildman–Crippen MR) is 100 cm³/mol. The van der Waals surface area contributed by atoms with Crippen molar-refractivity contribution in [1.82, 2.24) is 10.1 Å². The van der Waals surface area contributed by atoms with Crippen molar-refractivity contribution in [2.24, 2.45) is 0 Å². The van der Waals surface area contributed by atoms with Crippen LogP contribution in [0.1, 0.15) is 16.1 Å². The summed E-state index contributed by atoms with van der Waals surface area (Å²) in [5.41, 5.74) is 0.202. The van der Waals surface area contributed by atoms with Crippen LogP contribution in [0.4, 0.5) is 8.78 Å². The number of aromatic nitrogens is 1. The van der Waals surface area contributed by atoms with E-state index in [4.69, 9.17) is 20.9 Å². The molecule has 0 spiro atoms. The van der Waals surface area contributed by atoms with Crippen LogP contribution in [0.15, 0.2) is 47.0 Å². The number of amides is 1. The van der Waals surface area contributed by atoms with Gasteiger partial charge in [0.05, 0.1) is 17.1 Å². The second kappa shape index (κ2) is 8.39. The summed E-state index contributed by atoms with van der Waals surface area (Å²) in [6, 6.07) is 9.79. The van der Waals surface area contributed by atoms with Crippen LogP contribution in [0.5, 0.6) is 5.75 Å². The highest BCUT2D eigenvalue weighted by molar-refractivity contribution is 6.33. The van der Waals surface area contributed by atoms with E-state index in [2.05, 4.69) is 5.16 Å². The molecule has 1 heterocycles. The van der Waals surface area contributed by atoms with Crippen LogP contribution in [0.2, 0.25) is 5.02 Å². The van der Waals surface area contributed by atoms with E-state index in [1.165, 1.54) is 47.4 Å². The molecule has 0 aliphatic rings. The summed E-state index contributed by atoms with van der Waals surface area (Å²) in [6.45, 7) is 2.00. The number of likely N-dealkylation sites (N-methyl/N-ethyl adjacent to an activating group) is 1. The molecule has 3 rings (SSSR count). The van der Waals surface area contributed by atoms with Crippen LogP contribution in [0, 0.1) is 18.6 Å². The van der Waals surface area contributed by atoms with Gasteiger partial charge in [0, 0.05) is 7.05 Å². The molecule has 0 unspecified atom stereocenters. The Morgan fingerprint density at radius 2 is 1.93 bits per heavy atom. The fourth-order valence-corrected chi connectivity index (χ4v) is 2.89. The quantitative estimate of drug-likeness (QED) is 0.593. The van der Waals surface area contributed by atoms with Crippen LogP contribution in [-0.4, -0.2) is 36.2 Å². The molecule has 28 heavy (non-hydrogen) atoms. The van der Waals surface area contributed by atoms with Crippen LogP contribution in [0.25, 0.3) is 11.3 Å². The smallest absolute Gasteiger partial charge is 0.259 e. The maximum absolute atomic E-state index is 14.3. The molecule has 2 aromatic carbocycles. The lowest BCUT2D eigenvalue weighted by molar-refractivity contribution is 0.0772. The Hall–Kier alpha value is -2.93. The lowest BCUT2D eigenvalue weighted by atomic mass is 10.0. The Balaban J connectivity index is 1.75. The maximum atomic E-state index is 14.3. The molecule has 3 aromatic rings. The number of carbonyl (C=O) groups excluding carboxylic acids is 1. The van der Waals surface area contributed by atoms with Crippen molar-refractivity contribution < 1.29 is 22.8 Å². The zero-order chi connectivity index (χ0) is 20.3. The van der Waals surface area contributed by atoms with Gasteiger partial charge in [-0.1, -0.05) is 22.8 Å². The lowest BCUT2D eigenvalue weighted by Gasteiger charge is -2.18. The van der Waals surface area contributed by atoms with Gasteiger partial charge in [0.2, 0.25) is 0 Å². The Morgan fingerprint density at radius 3 is 2.61 bits per heavy atom. The van der Waals surface area contributed by atoms with Gasteiger partial charge in [0.1, 0.15) is 41.0 Å². The third-order valence-corrected chi connectivity index (χ3v) is 4.45. The molecule has 1 amide bonds. The second-order valence-electron chi connectivity index (χ2n) is 6.09. The number of rotatable bonds is 6. The third-order valence-electron chi connectivity index (χ3n) is 4.13. The van der Waals surface area contributed by atoms with Gasteiger partial charge in [-0.25, -0.2) is 8.78 Å². The van der Waals surface area contributed by atoms with Gasteiger partial charge in [-0.15, -0.1) is 0 Å². The molecule has 0 N–H and O–H groups in total. The van der Waals surface area contributed by atoms with E-state index in [1.807, 2.05) is 0 Å². The van der Waals surface area contributed by atoms with E-state index in [9.17, 15) is 13.6 Å². The van der Waals surface area contributed by atoms with E-state index in [0.717, 1.165) is 0 Å². The molecule has 1 aromatic heterocycles. The molecule has 0 aliphatic carbocycles. The van der Waals surface area contributed by atoms with Crippen LogP contribution in [0.3, 0.4) is 0 Å². The molecule has 0 radical (unpaired) electrons. The monoisotopic (exact) mass is 406 g/mol. The standard InChI is InChI=1S/C20H17ClF2N2O3/c1-12-17(19(24-28-12)18-15(21)4-3-5-16(18)23)20(26)25(2)10-11-27-14-8-6-13(22)7-9-14/h3-9H,10-11H2,1-2H3. The molecular formula is C20H17ClF2N2O3. The Labute approximate surface area is 165 Å². The molecule has 0 saturated heterocycles. The Morgan fingerprint density at radius 1 is 1.21 bits per heavy atom. The van der Waals surface area contributed by atoms with Crippen LogP contribution >= 0.6 is 11.6 Å². The van der Waals surface area contributed by atoms with Crippen molar-refractivity contribution in [2.75, 3.05) is 20.2 Å². The molecule has 5 nitrogen and oxygen atoms in total. The highest BCUT2D eigenvalue weighted by Gasteiger charge is 2.27. The minimum absolute atomic E-state index is 0.0142. The van der Waals surface area contributed by atoms with Gasteiger partial charge in [0.15, 0.2) is 0 Å². The van der Waals surface area contributed by atoms with Gasteiger partial charge in [0.25, 0.3) is 5.91 Å². The molecule has 0 bridgehead atoms. The first kappa shape index (κ1) is 19.8. The summed E-state index contributed by atoms with van der Waals surface area (Å²) in [6.07, 6.45) is 0. The average Bonchev–Trinajstić information content (AvgIpc) is 3.03. The molecular weight excluding hydrogens is 390 g/mol. The highest BCUT2D eigenvalue weighted by Crippen LogP contribution is 2.33. The molecule has 8 heteroatoms. The number of aryl methyl sites for hydroxylation is 1. The van der Waals surface area contributed by atoms with Crippen LogP contribution < -0.4 is 4.74 Å². The lowest BCUT2D eigenvalue weighted by Crippen LogP contribution is -2.31. The summed E-state index contributed by atoms with van der Waals surface area (Å²) in [5.74, 6) is -0.623. The SMILES string of the molecule is Cc1onc(-c2c(F)cccc2Cl)c1C(=O)N(C)CCOc1ccc(F)cc1. The number of nitrogens with zero attached hydrogens (tertiary/aromatic N) is 2. The summed E-state index contributed by atoms with van der Waals surface area (Å²) in [5, 5.41) is 3.96. The maximum Gasteiger partial charge on any atom is 0.259 e. The molecule has 0 fully saturated rings. The Kier molecular flexibility index (Phi) is 5.94. The first-order valence-electron chi connectivity index (χ1n) is 8.43. The van der Waals surface area contributed by atoms with Gasteiger partial charge < -0.3 is 14.2 Å². The van der Waals surface area contributed by atoms with Gasteiger partial charge in [-0.05, 0) is 43.3 Å². The molecule has 0 saturated carbocycles.